The monoisotopic (exact) mass is 322 g/mol. The first kappa shape index (κ1) is 16.1. The second kappa shape index (κ2) is 6.74. The summed E-state index contributed by atoms with van der Waals surface area (Å²) in [5.41, 5.74) is 2.77. The Morgan fingerprint density at radius 2 is 1.83 bits per heavy atom. The second-order valence-electron chi connectivity index (χ2n) is 6.19. The van der Waals surface area contributed by atoms with Crippen LogP contribution in [0.25, 0.3) is 5.69 Å². The van der Waals surface area contributed by atoms with Crippen LogP contribution in [0.1, 0.15) is 29.8 Å². The van der Waals surface area contributed by atoms with Crippen LogP contribution in [0.3, 0.4) is 0 Å². The SMILES string of the molecule is CC(C)N(Cc1cnn(C)c1)C(=O)c1ccc(-n2cccc2)cc1. The van der Waals surface area contributed by atoms with E-state index in [0.29, 0.717) is 12.1 Å². The Labute approximate surface area is 142 Å². The molecule has 0 saturated heterocycles. The molecule has 0 saturated carbocycles. The van der Waals surface area contributed by atoms with E-state index < -0.39 is 0 Å². The fourth-order valence-corrected chi connectivity index (χ4v) is 2.69. The summed E-state index contributed by atoms with van der Waals surface area (Å²) in [7, 11) is 1.88. The van der Waals surface area contributed by atoms with E-state index in [1.165, 1.54) is 0 Å². The number of aryl methyl sites for hydroxylation is 1. The Balaban J connectivity index is 1.79. The largest absolute Gasteiger partial charge is 0.332 e. The van der Waals surface area contributed by atoms with Crippen molar-refractivity contribution in [1.82, 2.24) is 19.2 Å². The Morgan fingerprint density at radius 3 is 2.38 bits per heavy atom. The number of rotatable bonds is 5. The third-order valence-corrected chi connectivity index (χ3v) is 4.01. The predicted molar refractivity (Wildman–Crippen MR) is 94.0 cm³/mol. The van der Waals surface area contributed by atoms with Gasteiger partial charge in [-0.15, -0.1) is 0 Å². The van der Waals surface area contributed by atoms with Gasteiger partial charge < -0.3 is 9.47 Å². The van der Waals surface area contributed by atoms with Crippen molar-refractivity contribution in [3.8, 4) is 5.69 Å². The fourth-order valence-electron chi connectivity index (χ4n) is 2.69. The lowest BCUT2D eigenvalue weighted by Crippen LogP contribution is -2.36. The molecule has 2 aromatic heterocycles. The minimum atomic E-state index is 0.0351. The highest BCUT2D eigenvalue weighted by Gasteiger charge is 2.19. The van der Waals surface area contributed by atoms with E-state index in [-0.39, 0.29) is 11.9 Å². The lowest BCUT2D eigenvalue weighted by atomic mass is 10.1. The number of hydrogen-bond acceptors (Lipinski definition) is 2. The molecule has 0 radical (unpaired) electrons. The first-order valence-corrected chi connectivity index (χ1v) is 8.06. The number of nitrogens with zero attached hydrogens (tertiary/aromatic N) is 4. The van der Waals surface area contributed by atoms with Crippen molar-refractivity contribution in [1.29, 1.82) is 0 Å². The molecule has 3 aromatic rings. The summed E-state index contributed by atoms with van der Waals surface area (Å²) < 4.78 is 3.77. The molecule has 1 amide bonds. The van der Waals surface area contributed by atoms with Gasteiger partial charge >= 0.3 is 0 Å². The number of aromatic nitrogens is 3. The van der Waals surface area contributed by atoms with E-state index in [4.69, 9.17) is 0 Å². The number of hydrogen-bond donors (Lipinski definition) is 0. The summed E-state index contributed by atoms with van der Waals surface area (Å²) in [6.07, 6.45) is 7.72. The van der Waals surface area contributed by atoms with Crippen molar-refractivity contribution >= 4 is 5.91 Å². The first-order chi connectivity index (χ1) is 11.5. The van der Waals surface area contributed by atoms with Gasteiger partial charge in [0.15, 0.2) is 0 Å². The molecule has 24 heavy (non-hydrogen) atoms. The Hall–Kier alpha value is -2.82. The molecular weight excluding hydrogens is 300 g/mol. The minimum Gasteiger partial charge on any atom is -0.332 e. The van der Waals surface area contributed by atoms with Gasteiger partial charge in [0.05, 0.1) is 6.20 Å². The fraction of sp³-hybridized carbons (Fsp3) is 0.263. The Kier molecular flexibility index (Phi) is 4.51. The van der Waals surface area contributed by atoms with E-state index in [9.17, 15) is 4.79 Å². The quantitative estimate of drug-likeness (QED) is 0.723. The average molecular weight is 322 g/mol. The van der Waals surface area contributed by atoms with Gasteiger partial charge in [-0.1, -0.05) is 0 Å². The lowest BCUT2D eigenvalue weighted by Gasteiger charge is -2.26. The van der Waals surface area contributed by atoms with Crippen LogP contribution in [0.2, 0.25) is 0 Å². The molecule has 0 aliphatic carbocycles. The Bertz CT molecular complexity index is 800. The molecular formula is C19H22N4O. The number of carbonyl (C=O) groups excluding carboxylic acids is 1. The smallest absolute Gasteiger partial charge is 0.254 e. The van der Waals surface area contributed by atoms with E-state index in [1.54, 1.807) is 10.9 Å². The molecule has 0 fully saturated rings. The molecule has 5 nitrogen and oxygen atoms in total. The third-order valence-electron chi connectivity index (χ3n) is 4.01. The highest BCUT2D eigenvalue weighted by molar-refractivity contribution is 5.94. The molecule has 0 unspecified atom stereocenters. The van der Waals surface area contributed by atoms with E-state index in [2.05, 4.69) is 5.10 Å². The molecule has 1 aromatic carbocycles. The average Bonchev–Trinajstić information content (AvgIpc) is 3.23. The van der Waals surface area contributed by atoms with Crippen molar-refractivity contribution in [2.75, 3.05) is 0 Å². The van der Waals surface area contributed by atoms with Gasteiger partial charge in [0, 0.05) is 55.0 Å². The number of carbonyl (C=O) groups is 1. The van der Waals surface area contributed by atoms with Crippen LogP contribution in [-0.4, -0.2) is 31.2 Å². The lowest BCUT2D eigenvalue weighted by molar-refractivity contribution is 0.0690. The zero-order chi connectivity index (χ0) is 17.1. The molecule has 3 rings (SSSR count). The van der Waals surface area contributed by atoms with E-state index >= 15 is 0 Å². The van der Waals surface area contributed by atoms with Gasteiger partial charge in [0.25, 0.3) is 5.91 Å². The summed E-state index contributed by atoms with van der Waals surface area (Å²) in [5.74, 6) is 0.0351. The van der Waals surface area contributed by atoms with Gasteiger partial charge in [-0.3, -0.25) is 9.48 Å². The number of benzene rings is 1. The maximum absolute atomic E-state index is 12.9. The molecule has 5 heteroatoms. The first-order valence-electron chi connectivity index (χ1n) is 8.06. The van der Waals surface area contributed by atoms with Crippen LogP contribution in [0, 0.1) is 0 Å². The van der Waals surface area contributed by atoms with Gasteiger partial charge in [-0.2, -0.15) is 5.10 Å². The predicted octanol–water partition coefficient (Wildman–Crippen LogP) is 3.26. The molecule has 0 spiro atoms. The molecule has 0 aliphatic heterocycles. The summed E-state index contributed by atoms with van der Waals surface area (Å²) in [4.78, 5) is 14.7. The van der Waals surface area contributed by atoms with Crippen molar-refractivity contribution in [3.63, 3.8) is 0 Å². The van der Waals surface area contributed by atoms with Crippen LogP contribution in [-0.2, 0) is 13.6 Å². The topological polar surface area (TPSA) is 43.1 Å². The number of amides is 1. The van der Waals surface area contributed by atoms with Crippen LogP contribution < -0.4 is 0 Å². The van der Waals surface area contributed by atoms with Crippen molar-refractivity contribution in [3.05, 3.63) is 72.3 Å². The van der Waals surface area contributed by atoms with Crippen molar-refractivity contribution in [2.45, 2.75) is 26.4 Å². The summed E-state index contributed by atoms with van der Waals surface area (Å²) >= 11 is 0. The maximum Gasteiger partial charge on any atom is 0.254 e. The summed E-state index contributed by atoms with van der Waals surface area (Å²) in [6.45, 7) is 4.62. The third kappa shape index (κ3) is 3.40. The molecule has 0 bridgehead atoms. The van der Waals surface area contributed by atoms with Crippen LogP contribution >= 0.6 is 0 Å². The molecule has 0 atom stereocenters. The summed E-state index contributed by atoms with van der Waals surface area (Å²) in [6, 6.07) is 11.8. The zero-order valence-corrected chi connectivity index (χ0v) is 14.3. The molecule has 124 valence electrons. The van der Waals surface area contributed by atoms with Crippen molar-refractivity contribution < 1.29 is 4.79 Å². The van der Waals surface area contributed by atoms with Crippen molar-refractivity contribution in [2.24, 2.45) is 7.05 Å². The zero-order valence-electron chi connectivity index (χ0n) is 14.3. The highest BCUT2D eigenvalue weighted by atomic mass is 16.2. The van der Waals surface area contributed by atoms with Crippen LogP contribution in [0.5, 0.6) is 0 Å². The van der Waals surface area contributed by atoms with Gasteiger partial charge in [-0.05, 0) is 50.2 Å². The molecule has 2 heterocycles. The highest BCUT2D eigenvalue weighted by Crippen LogP contribution is 2.15. The normalized spacial score (nSPS) is 11.0. The molecule has 0 N–H and O–H groups in total. The van der Waals surface area contributed by atoms with Gasteiger partial charge in [-0.25, -0.2) is 0 Å². The second-order valence-corrected chi connectivity index (χ2v) is 6.19. The van der Waals surface area contributed by atoms with Gasteiger partial charge in [0.1, 0.15) is 0 Å². The van der Waals surface area contributed by atoms with Crippen LogP contribution in [0.15, 0.2) is 61.2 Å². The minimum absolute atomic E-state index is 0.0351. The molecule has 0 aliphatic rings. The van der Waals surface area contributed by atoms with E-state index in [1.807, 2.05) is 85.4 Å². The van der Waals surface area contributed by atoms with E-state index in [0.717, 1.165) is 11.3 Å². The maximum atomic E-state index is 12.9. The summed E-state index contributed by atoms with van der Waals surface area (Å²) in [5, 5.41) is 4.18. The Morgan fingerprint density at radius 1 is 1.17 bits per heavy atom. The van der Waals surface area contributed by atoms with Crippen LogP contribution in [0.4, 0.5) is 0 Å². The standard InChI is InChI=1S/C19H22N4O/c1-15(2)23(14-16-12-20-21(3)13-16)19(24)17-6-8-18(9-7-17)22-10-4-5-11-22/h4-13,15H,14H2,1-3H3. The van der Waals surface area contributed by atoms with Gasteiger partial charge in [0.2, 0.25) is 0 Å².